The number of aryl methyl sites for hydroxylation is 1. The molecule has 1 aromatic carbocycles. The fourth-order valence-electron chi connectivity index (χ4n) is 2.08. The Hall–Kier alpha value is -1.26. The Morgan fingerprint density at radius 1 is 1.37 bits per heavy atom. The molecule has 0 amide bonds. The highest BCUT2D eigenvalue weighted by molar-refractivity contribution is 7.09. The van der Waals surface area contributed by atoms with E-state index in [1.165, 1.54) is 6.07 Å². The molecule has 0 saturated carbocycles. The number of benzene rings is 1. The Bertz CT molecular complexity index is 524. The summed E-state index contributed by atoms with van der Waals surface area (Å²) >= 11 is 1.64. The van der Waals surface area contributed by atoms with E-state index in [9.17, 15) is 4.39 Å². The fourth-order valence-corrected chi connectivity index (χ4v) is 2.70. The largest absolute Gasteiger partial charge is 0.310 e. The van der Waals surface area contributed by atoms with Crippen LogP contribution in [0.25, 0.3) is 0 Å². The molecule has 19 heavy (non-hydrogen) atoms. The second-order valence-corrected chi connectivity index (χ2v) is 5.65. The number of rotatable bonds is 6. The van der Waals surface area contributed by atoms with E-state index < -0.39 is 0 Å². The second-order valence-electron chi connectivity index (χ2n) is 4.59. The quantitative estimate of drug-likeness (QED) is 0.867. The summed E-state index contributed by atoms with van der Waals surface area (Å²) in [6, 6.07) is 6.96. The van der Waals surface area contributed by atoms with Gasteiger partial charge in [0.2, 0.25) is 0 Å². The molecule has 1 N–H and O–H groups in total. The lowest BCUT2D eigenvalue weighted by molar-refractivity contribution is 0.494. The molecule has 1 unspecified atom stereocenters. The fraction of sp³-hybridized carbons (Fsp3) is 0.400. The van der Waals surface area contributed by atoms with Crippen molar-refractivity contribution in [3.63, 3.8) is 0 Å². The Morgan fingerprint density at radius 2 is 2.16 bits per heavy atom. The van der Waals surface area contributed by atoms with E-state index in [2.05, 4.69) is 22.6 Å². The molecular formula is C15H19FN2S. The number of thiazole rings is 1. The zero-order valence-electron chi connectivity index (χ0n) is 11.3. The molecule has 1 heterocycles. The summed E-state index contributed by atoms with van der Waals surface area (Å²) in [6.45, 7) is 4.98. The Kier molecular flexibility index (Phi) is 5.05. The van der Waals surface area contributed by atoms with Gasteiger partial charge in [-0.3, -0.25) is 0 Å². The molecule has 1 aromatic heterocycles. The van der Waals surface area contributed by atoms with Gasteiger partial charge in [0, 0.05) is 23.4 Å². The van der Waals surface area contributed by atoms with Gasteiger partial charge in [-0.25, -0.2) is 9.37 Å². The van der Waals surface area contributed by atoms with Crippen LogP contribution < -0.4 is 5.32 Å². The Morgan fingerprint density at radius 3 is 2.79 bits per heavy atom. The van der Waals surface area contributed by atoms with Gasteiger partial charge < -0.3 is 5.32 Å². The monoisotopic (exact) mass is 278 g/mol. The zero-order valence-corrected chi connectivity index (χ0v) is 12.1. The topological polar surface area (TPSA) is 24.9 Å². The molecule has 2 aromatic rings. The molecule has 0 bridgehead atoms. The maximum absolute atomic E-state index is 13.9. The van der Waals surface area contributed by atoms with Crippen LogP contribution >= 0.6 is 11.3 Å². The first-order valence-electron chi connectivity index (χ1n) is 6.59. The lowest BCUT2D eigenvalue weighted by Gasteiger charge is -2.18. The smallest absolute Gasteiger partial charge is 0.127 e. The van der Waals surface area contributed by atoms with Crippen molar-refractivity contribution in [1.82, 2.24) is 10.3 Å². The van der Waals surface area contributed by atoms with Crippen molar-refractivity contribution in [3.8, 4) is 0 Å². The van der Waals surface area contributed by atoms with Crippen LogP contribution in [-0.2, 0) is 6.42 Å². The van der Waals surface area contributed by atoms with E-state index in [-0.39, 0.29) is 11.9 Å². The van der Waals surface area contributed by atoms with Gasteiger partial charge >= 0.3 is 0 Å². The summed E-state index contributed by atoms with van der Waals surface area (Å²) in [6.07, 6.45) is 1.76. The van der Waals surface area contributed by atoms with Crippen LogP contribution in [0.3, 0.4) is 0 Å². The van der Waals surface area contributed by atoms with E-state index in [1.54, 1.807) is 17.4 Å². The van der Waals surface area contributed by atoms with Gasteiger partial charge in [-0.15, -0.1) is 11.3 Å². The molecule has 0 saturated heterocycles. The third-order valence-corrected chi connectivity index (χ3v) is 3.82. The summed E-state index contributed by atoms with van der Waals surface area (Å²) in [5.41, 5.74) is 1.75. The van der Waals surface area contributed by atoms with E-state index in [1.807, 2.05) is 19.1 Å². The van der Waals surface area contributed by atoms with Crippen LogP contribution in [0, 0.1) is 12.7 Å². The Labute approximate surface area is 117 Å². The first kappa shape index (κ1) is 14.2. The first-order chi connectivity index (χ1) is 9.20. The van der Waals surface area contributed by atoms with Crippen molar-refractivity contribution in [2.45, 2.75) is 32.7 Å². The van der Waals surface area contributed by atoms with Crippen LogP contribution in [0.5, 0.6) is 0 Å². The summed E-state index contributed by atoms with van der Waals surface area (Å²) < 4.78 is 13.9. The van der Waals surface area contributed by atoms with Gasteiger partial charge in [-0.2, -0.15) is 0 Å². The number of aromatic nitrogens is 1. The van der Waals surface area contributed by atoms with E-state index in [0.717, 1.165) is 35.7 Å². The zero-order chi connectivity index (χ0) is 13.7. The van der Waals surface area contributed by atoms with Crippen molar-refractivity contribution in [3.05, 3.63) is 51.7 Å². The number of halogens is 1. The predicted molar refractivity (Wildman–Crippen MR) is 78.0 cm³/mol. The van der Waals surface area contributed by atoms with Gasteiger partial charge in [0.1, 0.15) is 5.82 Å². The van der Waals surface area contributed by atoms with Crippen LogP contribution in [0.15, 0.2) is 29.6 Å². The van der Waals surface area contributed by atoms with E-state index in [4.69, 9.17) is 0 Å². The third kappa shape index (κ3) is 3.85. The number of nitrogens with zero attached hydrogens (tertiary/aromatic N) is 1. The molecule has 0 aliphatic carbocycles. The van der Waals surface area contributed by atoms with E-state index in [0.29, 0.717) is 0 Å². The maximum atomic E-state index is 13.9. The number of nitrogens with one attached hydrogen (secondary N) is 1. The molecule has 102 valence electrons. The standard InChI is InChI=1S/C15H19FN2S/c1-3-8-17-15(9-12-10-19-11(2)18-12)13-6-4-5-7-14(13)16/h4-7,10,15,17H,3,8-9H2,1-2H3. The predicted octanol–water partition coefficient (Wildman–Crippen LogP) is 3.87. The molecule has 2 nitrogen and oxygen atoms in total. The molecule has 2 rings (SSSR count). The normalized spacial score (nSPS) is 12.6. The molecule has 0 radical (unpaired) electrons. The second kappa shape index (κ2) is 6.78. The van der Waals surface area contributed by atoms with Crippen molar-refractivity contribution >= 4 is 11.3 Å². The molecule has 0 spiro atoms. The van der Waals surface area contributed by atoms with Crippen LogP contribution in [0.1, 0.15) is 35.7 Å². The molecule has 0 aliphatic heterocycles. The van der Waals surface area contributed by atoms with Gasteiger partial charge in [0.15, 0.2) is 0 Å². The highest BCUT2D eigenvalue weighted by Crippen LogP contribution is 2.22. The van der Waals surface area contributed by atoms with Crippen molar-refractivity contribution in [1.29, 1.82) is 0 Å². The highest BCUT2D eigenvalue weighted by Gasteiger charge is 2.16. The van der Waals surface area contributed by atoms with Crippen molar-refractivity contribution in [2.24, 2.45) is 0 Å². The molecule has 0 aliphatic rings. The maximum Gasteiger partial charge on any atom is 0.127 e. The Balaban J connectivity index is 2.18. The van der Waals surface area contributed by atoms with Crippen LogP contribution in [0.4, 0.5) is 4.39 Å². The first-order valence-corrected chi connectivity index (χ1v) is 7.47. The third-order valence-electron chi connectivity index (χ3n) is 3.00. The number of hydrogen-bond donors (Lipinski definition) is 1. The summed E-state index contributed by atoms with van der Waals surface area (Å²) in [7, 11) is 0. The van der Waals surface area contributed by atoms with Gasteiger partial charge in [0.05, 0.1) is 10.7 Å². The lowest BCUT2D eigenvalue weighted by Crippen LogP contribution is -2.25. The van der Waals surface area contributed by atoms with Gasteiger partial charge in [-0.1, -0.05) is 25.1 Å². The SMILES string of the molecule is CCCNC(Cc1csc(C)n1)c1ccccc1F. The molecule has 1 atom stereocenters. The molecule has 0 fully saturated rings. The van der Waals surface area contributed by atoms with Gasteiger partial charge in [-0.05, 0) is 26.0 Å². The summed E-state index contributed by atoms with van der Waals surface area (Å²) in [5.74, 6) is -0.150. The summed E-state index contributed by atoms with van der Waals surface area (Å²) in [4.78, 5) is 4.47. The summed E-state index contributed by atoms with van der Waals surface area (Å²) in [5, 5.41) is 6.51. The average Bonchev–Trinajstić information content (AvgIpc) is 2.81. The minimum absolute atomic E-state index is 0.0114. The minimum Gasteiger partial charge on any atom is -0.310 e. The molecule has 4 heteroatoms. The van der Waals surface area contributed by atoms with Crippen molar-refractivity contribution < 1.29 is 4.39 Å². The van der Waals surface area contributed by atoms with Crippen LogP contribution in [-0.4, -0.2) is 11.5 Å². The highest BCUT2D eigenvalue weighted by atomic mass is 32.1. The van der Waals surface area contributed by atoms with Gasteiger partial charge in [0.25, 0.3) is 0 Å². The van der Waals surface area contributed by atoms with E-state index >= 15 is 0 Å². The van der Waals surface area contributed by atoms with Crippen molar-refractivity contribution in [2.75, 3.05) is 6.54 Å². The van der Waals surface area contributed by atoms with Crippen LogP contribution in [0.2, 0.25) is 0 Å². The molecular weight excluding hydrogens is 259 g/mol. The number of hydrogen-bond acceptors (Lipinski definition) is 3. The average molecular weight is 278 g/mol. The lowest BCUT2D eigenvalue weighted by atomic mass is 10.0. The minimum atomic E-state index is -0.150.